The number of anilines is 1. The maximum Gasteiger partial charge on any atom is 0.337 e. The molecule has 4 nitrogen and oxygen atoms in total. The molecule has 0 bridgehead atoms. The van der Waals surface area contributed by atoms with Crippen LogP contribution in [-0.4, -0.2) is 20.2 Å². The standard InChI is InChI=1S/C16H17NO3/c1-19-15-8-4-7-14(10-15)17-11-12-5-3-6-13(9-12)16(18)20-2/h3-10,17H,11H2,1-2H3. The van der Waals surface area contributed by atoms with Crippen LogP contribution in [0.4, 0.5) is 5.69 Å². The zero-order valence-electron chi connectivity index (χ0n) is 11.6. The van der Waals surface area contributed by atoms with E-state index in [1.807, 2.05) is 42.5 Å². The number of carbonyl (C=O) groups excluding carboxylic acids is 1. The summed E-state index contributed by atoms with van der Waals surface area (Å²) >= 11 is 0. The Morgan fingerprint density at radius 3 is 2.65 bits per heavy atom. The van der Waals surface area contributed by atoms with E-state index in [0.717, 1.165) is 17.0 Å². The number of hydrogen-bond acceptors (Lipinski definition) is 4. The number of ether oxygens (including phenoxy) is 2. The second-order valence-electron chi connectivity index (χ2n) is 4.28. The van der Waals surface area contributed by atoms with E-state index in [0.29, 0.717) is 12.1 Å². The van der Waals surface area contributed by atoms with E-state index in [4.69, 9.17) is 9.47 Å². The molecule has 0 saturated heterocycles. The molecule has 0 aromatic heterocycles. The summed E-state index contributed by atoms with van der Waals surface area (Å²) in [4.78, 5) is 11.5. The highest BCUT2D eigenvalue weighted by Crippen LogP contribution is 2.17. The number of nitrogens with one attached hydrogen (secondary N) is 1. The second kappa shape index (κ2) is 6.61. The summed E-state index contributed by atoms with van der Waals surface area (Å²) in [6.07, 6.45) is 0. The van der Waals surface area contributed by atoms with Crippen LogP contribution in [0.2, 0.25) is 0 Å². The van der Waals surface area contributed by atoms with Crippen LogP contribution >= 0.6 is 0 Å². The maximum atomic E-state index is 11.5. The smallest absolute Gasteiger partial charge is 0.337 e. The van der Waals surface area contributed by atoms with E-state index >= 15 is 0 Å². The first kappa shape index (κ1) is 13.9. The Morgan fingerprint density at radius 1 is 1.10 bits per heavy atom. The summed E-state index contributed by atoms with van der Waals surface area (Å²) in [5.74, 6) is 0.478. The van der Waals surface area contributed by atoms with Crippen molar-refractivity contribution in [3.8, 4) is 5.75 Å². The zero-order valence-corrected chi connectivity index (χ0v) is 11.6. The van der Waals surface area contributed by atoms with Crippen LogP contribution in [0.25, 0.3) is 0 Å². The number of carbonyl (C=O) groups is 1. The summed E-state index contributed by atoms with van der Waals surface area (Å²) in [5.41, 5.74) is 2.53. The van der Waals surface area contributed by atoms with Crippen molar-refractivity contribution in [3.63, 3.8) is 0 Å². The van der Waals surface area contributed by atoms with E-state index < -0.39 is 0 Å². The summed E-state index contributed by atoms with van der Waals surface area (Å²) in [5, 5.41) is 3.29. The predicted octanol–water partition coefficient (Wildman–Crippen LogP) is 3.09. The largest absolute Gasteiger partial charge is 0.497 e. The third-order valence-electron chi connectivity index (χ3n) is 2.91. The molecule has 2 aromatic carbocycles. The average molecular weight is 271 g/mol. The summed E-state index contributed by atoms with van der Waals surface area (Å²) in [6.45, 7) is 0.623. The van der Waals surface area contributed by atoms with E-state index in [9.17, 15) is 4.79 Å². The van der Waals surface area contributed by atoms with Crippen molar-refractivity contribution in [2.75, 3.05) is 19.5 Å². The van der Waals surface area contributed by atoms with Gasteiger partial charge in [-0.05, 0) is 29.8 Å². The summed E-state index contributed by atoms with van der Waals surface area (Å²) < 4.78 is 9.88. The van der Waals surface area contributed by atoms with E-state index in [2.05, 4.69) is 5.32 Å². The minimum Gasteiger partial charge on any atom is -0.497 e. The molecule has 0 spiro atoms. The molecule has 0 aliphatic heterocycles. The SMILES string of the molecule is COC(=O)c1cccc(CNc2cccc(OC)c2)c1. The highest BCUT2D eigenvalue weighted by atomic mass is 16.5. The first-order valence-electron chi connectivity index (χ1n) is 6.28. The van der Waals surface area contributed by atoms with Gasteiger partial charge in [0.1, 0.15) is 5.75 Å². The molecule has 1 N–H and O–H groups in total. The number of hydrogen-bond donors (Lipinski definition) is 1. The van der Waals surface area contributed by atoms with Gasteiger partial charge >= 0.3 is 5.97 Å². The Morgan fingerprint density at radius 2 is 1.90 bits per heavy atom. The number of methoxy groups -OCH3 is 2. The van der Waals surface area contributed by atoms with Crippen LogP contribution in [0.1, 0.15) is 15.9 Å². The molecular weight excluding hydrogens is 254 g/mol. The van der Waals surface area contributed by atoms with Crippen molar-refractivity contribution >= 4 is 11.7 Å². The fourth-order valence-corrected chi connectivity index (χ4v) is 1.86. The average Bonchev–Trinajstić information content (AvgIpc) is 2.52. The quantitative estimate of drug-likeness (QED) is 0.849. The number of esters is 1. The van der Waals surface area contributed by atoms with Gasteiger partial charge in [-0.25, -0.2) is 4.79 Å². The topological polar surface area (TPSA) is 47.6 Å². The highest BCUT2D eigenvalue weighted by Gasteiger charge is 2.05. The van der Waals surface area contributed by atoms with Crippen molar-refractivity contribution in [2.45, 2.75) is 6.54 Å². The zero-order chi connectivity index (χ0) is 14.4. The normalized spacial score (nSPS) is 9.90. The van der Waals surface area contributed by atoms with E-state index in [1.54, 1.807) is 13.2 Å². The molecule has 0 aliphatic carbocycles. The van der Waals surface area contributed by atoms with Crippen LogP contribution < -0.4 is 10.1 Å². The monoisotopic (exact) mass is 271 g/mol. The van der Waals surface area contributed by atoms with Gasteiger partial charge in [-0.3, -0.25) is 0 Å². The molecule has 0 amide bonds. The van der Waals surface area contributed by atoms with Gasteiger partial charge < -0.3 is 14.8 Å². The molecule has 2 rings (SSSR count). The number of benzene rings is 2. The lowest BCUT2D eigenvalue weighted by molar-refractivity contribution is 0.0600. The maximum absolute atomic E-state index is 11.5. The molecule has 0 unspecified atom stereocenters. The molecule has 0 fully saturated rings. The van der Waals surface area contributed by atoms with Crippen LogP contribution in [-0.2, 0) is 11.3 Å². The van der Waals surface area contributed by atoms with Gasteiger partial charge in [0.25, 0.3) is 0 Å². The van der Waals surface area contributed by atoms with Crippen molar-refractivity contribution in [2.24, 2.45) is 0 Å². The Kier molecular flexibility index (Phi) is 4.60. The fraction of sp³-hybridized carbons (Fsp3) is 0.188. The Balaban J connectivity index is 2.05. The summed E-state index contributed by atoms with van der Waals surface area (Å²) in [7, 11) is 3.02. The molecule has 0 radical (unpaired) electrons. The minimum absolute atomic E-state index is 0.326. The molecule has 104 valence electrons. The predicted molar refractivity (Wildman–Crippen MR) is 78.1 cm³/mol. The minimum atomic E-state index is -0.326. The third kappa shape index (κ3) is 3.51. The Labute approximate surface area is 118 Å². The van der Waals surface area contributed by atoms with Crippen LogP contribution in [0.5, 0.6) is 5.75 Å². The third-order valence-corrected chi connectivity index (χ3v) is 2.91. The van der Waals surface area contributed by atoms with Crippen molar-refractivity contribution in [1.82, 2.24) is 0 Å². The van der Waals surface area contributed by atoms with Gasteiger partial charge in [0.2, 0.25) is 0 Å². The molecule has 20 heavy (non-hydrogen) atoms. The summed E-state index contributed by atoms with van der Waals surface area (Å²) in [6, 6.07) is 15.1. The first-order valence-corrected chi connectivity index (χ1v) is 6.28. The lowest BCUT2D eigenvalue weighted by Gasteiger charge is -2.09. The number of rotatable bonds is 5. The van der Waals surface area contributed by atoms with Gasteiger partial charge in [0, 0.05) is 18.3 Å². The van der Waals surface area contributed by atoms with Crippen LogP contribution in [0.3, 0.4) is 0 Å². The lowest BCUT2D eigenvalue weighted by Crippen LogP contribution is -2.04. The van der Waals surface area contributed by atoms with Gasteiger partial charge in [0.05, 0.1) is 19.8 Å². The highest BCUT2D eigenvalue weighted by molar-refractivity contribution is 5.89. The van der Waals surface area contributed by atoms with Gasteiger partial charge in [-0.2, -0.15) is 0 Å². The Hall–Kier alpha value is -2.49. The molecule has 0 saturated carbocycles. The van der Waals surface area contributed by atoms with Gasteiger partial charge in [0.15, 0.2) is 0 Å². The van der Waals surface area contributed by atoms with Crippen molar-refractivity contribution in [1.29, 1.82) is 0 Å². The van der Waals surface area contributed by atoms with Crippen molar-refractivity contribution < 1.29 is 14.3 Å². The second-order valence-corrected chi connectivity index (χ2v) is 4.28. The van der Waals surface area contributed by atoms with Gasteiger partial charge in [-0.1, -0.05) is 18.2 Å². The molecule has 0 heterocycles. The molecular formula is C16H17NO3. The molecule has 4 heteroatoms. The lowest BCUT2D eigenvalue weighted by atomic mass is 10.1. The molecule has 0 atom stereocenters. The van der Waals surface area contributed by atoms with Crippen molar-refractivity contribution in [3.05, 3.63) is 59.7 Å². The first-order chi connectivity index (χ1) is 9.72. The molecule has 0 aliphatic rings. The fourth-order valence-electron chi connectivity index (χ4n) is 1.86. The van der Waals surface area contributed by atoms with Crippen LogP contribution in [0.15, 0.2) is 48.5 Å². The van der Waals surface area contributed by atoms with Crippen LogP contribution in [0, 0.1) is 0 Å². The van der Waals surface area contributed by atoms with Gasteiger partial charge in [-0.15, -0.1) is 0 Å². The molecule has 2 aromatic rings. The van der Waals surface area contributed by atoms with E-state index in [-0.39, 0.29) is 5.97 Å². The Bertz CT molecular complexity index is 596. The van der Waals surface area contributed by atoms with E-state index in [1.165, 1.54) is 7.11 Å².